The number of benzene rings is 2. The molecule has 1 fully saturated rings. The lowest BCUT2D eigenvalue weighted by atomic mass is 9.97. The molecule has 11 heteroatoms. The minimum atomic E-state index is -3.59. The summed E-state index contributed by atoms with van der Waals surface area (Å²) in [6.07, 6.45) is 0.867. The van der Waals surface area contributed by atoms with E-state index < -0.39 is 10.0 Å². The van der Waals surface area contributed by atoms with Crippen LogP contribution >= 0.6 is 23.1 Å². The molecular formula is C24H27FN4O3S3. The van der Waals surface area contributed by atoms with Gasteiger partial charge < -0.3 is 5.32 Å². The van der Waals surface area contributed by atoms with Gasteiger partial charge in [-0.05, 0) is 48.1 Å². The molecule has 0 atom stereocenters. The van der Waals surface area contributed by atoms with Crippen molar-refractivity contribution in [3.05, 3.63) is 65.5 Å². The molecule has 0 unspecified atom stereocenters. The number of halogens is 1. The maximum atomic E-state index is 13.8. The van der Waals surface area contributed by atoms with Gasteiger partial charge >= 0.3 is 0 Å². The van der Waals surface area contributed by atoms with E-state index in [1.165, 1.54) is 33.5 Å². The van der Waals surface area contributed by atoms with E-state index in [4.69, 9.17) is 0 Å². The second-order valence-electron chi connectivity index (χ2n) is 8.64. The number of nitrogens with zero attached hydrogens (tertiary/aromatic N) is 3. The van der Waals surface area contributed by atoms with Crippen LogP contribution in [0.2, 0.25) is 0 Å². The number of amides is 1. The summed E-state index contributed by atoms with van der Waals surface area (Å²) in [4.78, 5) is 13.0. The number of nitrogens with one attached hydrogen (secondary N) is 1. The summed E-state index contributed by atoms with van der Waals surface area (Å²) in [5, 5.41) is 11.3. The third kappa shape index (κ3) is 6.27. The Balaban J connectivity index is 1.29. The smallest absolute Gasteiger partial charge is 0.243 e. The number of hydrogen-bond acceptors (Lipinski definition) is 7. The highest BCUT2D eigenvalue weighted by molar-refractivity contribution is 8.00. The average molecular weight is 535 g/mol. The Bertz CT molecular complexity index is 1270. The molecule has 0 radical (unpaired) electrons. The molecule has 1 aliphatic heterocycles. The van der Waals surface area contributed by atoms with Crippen LogP contribution in [0.25, 0.3) is 0 Å². The van der Waals surface area contributed by atoms with Crippen LogP contribution < -0.4 is 5.32 Å². The van der Waals surface area contributed by atoms with Crippen molar-refractivity contribution in [2.45, 2.75) is 47.6 Å². The van der Waals surface area contributed by atoms with Gasteiger partial charge in [-0.25, -0.2) is 12.8 Å². The Kier molecular flexibility index (Phi) is 8.20. The third-order valence-corrected chi connectivity index (χ3v) is 9.89. The van der Waals surface area contributed by atoms with Crippen molar-refractivity contribution in [3.8, 4) is 0 Å². The fraction of sp³-hybridized carbons (Fsp3) is 0.375. The summed E-state index contributed by atoms with van der Waals surface area (Å²) >= 11 is 2.59. The molecule has 4 rings (SSSR count). The first-order valence-corrected chi connectivity index (χ1v) is 14.6. The Morgan fingerprint density at radius 3 is 2.49 bits per heavy atom. The number of carbonyl (C=O) groups is 1. The van der Waals surface area contributed by atoms with E-state index in [0.717, 1.165) is 5.56 Å². The van der Waals surface area contributed by atoms with E-state index in [-0.39, 0.29) is 35.6 Å². The van der Waals surface area contributed by atoms with Crippen LogP contribution in [-0.2, 0) is 20.6 Å². The SMILES string of the molecule is CC(C)c1ccc(S(=O)(=O)N2CCC(C(=O)Nc3nnc(SCc4ccccc4F)s3)CC2)cc1. The number of hydrogen-bond donors (Lipinski definition) is 1. The molecule has 0 spiro atoms. The van der Waals surface area contributed by atoms with Gasteiger partial charge in [0.15, 0.2) is 4.34 Å². The van der Waals surface area contributed by atoms with E-state index in [1.54, 1.807) is 30.3 Å². The average Bonchev–Trinajstić information content (AvgIpc) is 3.30. The molecule has 1 aliphatic rings. The number of aromatic nitrogens is 2. The molecule has 0 bridgehead atoms. The van der Waals surface area contributed by atoms with Crippen molar-refractivity contribution >= 4 is 44.2 Å². The minimum absolute atomic E-state index is 0.190. The molecule has 0 aliphatic carbocycles. The van der Waals surface area contributed by atoms with Crippen LogP contribution in [0.15, 0.2) is 57.8 Å². The van der Waals surface area contributed by atoms with E-state index in [9.17, 15) is 17.6 Å². The standard InChI is InChI=1S/C24H27FN4O3S3/c1-16(2)17-7-9-20(10-8-17)35(31,32)29-13-11-18(12-14-29)22(30)26-23-27-28-24(34-23)33-15-19-5-3-4-6-21(19)25/h3-10,16,18H,11-15H2,1-2H3,(H,26,27,30). The molecule has 2 aromatic carbocycles. The van der Waals surface area contributed by atoms with Gasteiger partial charge in [-0.15, -0.1) is 10.2 Å². The molecule has 186 valence electrons. The first-order chi connectivity index (χ1) is 16.7. The van der Waals surface area contributed by atoms with Crippen LogP contribution in [-0.4, -0.2) is 41.9 Å². The Morgan fingerprint density at radius 1 is 1.14 bits per heavy atom. The summed E-state index contributed by atoms with van der Waals surface area (Å²) < 4.78 is 41.9. The second kappa shape index (κ2) is 11.2. The monoisotopic (exact) mass is 534 g/mol. The van der Waals surface area contributed by atoms with Gasteiger partial charge in [0, 0.05) is 24.8 Å². The molecule has 3 aromatic rings. The van der Waals surface area contributed by atoms with E-state index in [0.29, 0.717) is 39.5 Å². The zero-order valence-corrected chi connectivity index (χ0v) is 21.9. The predicted molar refractivity (Wildman–Crippen MR) is 137 cm³/mol. The molecule has 1 aromatic heterocycles. The molecule has 0 saturated carbocycles. The number of sulfonamides is 1. The Labute approximate surface area is 213 Å². The molecule has 1 N–H and O–H groups in total. The second-order valence-corrected chi connectivity index (χ2v) is 12.8. The van der Waals surface area contributed by atoms with Crippen molar-refractivity contribution in [3.63, 3.8) is 0 Å². The van der Waals surface area contributed by atoms with Crippen LogP contribution in [0.5, 0.6) is 0 Å². The van der Waals surface area contributed by atoms with Gasteiger partial charge in [-0.1, -0.05) is 67.3 Å². The van der Waals surface area contributed by atoms with E-state index in [2.05, 4.69) is 29.4 Å². The summed E-state index contributed by atoms with van der Waals surface area (Å²) in [5.74, 6) is -0.00886. The molecule has 1 saturated heterocycles. The van der Waals surface area contributed by atoms with Gasteiger partial charge in [0.25, 0.3) is 0 Å². The third-order valence-electron chi connectivity index (χ3n) is 5.95. The van der Waals surface area contributed by atoms with Crippen LogP contribution in [0.3, 0.4) is 0 Å². The first kappa shape index (κ1) is 25.7. The minimum Gasteiger partial charge on any atom is -0.300 e. The maximum absolute atomic E-state index is 13.8. The number of thioether (sulfide) groups is 1. The summed E-state index contributed by atoms with van der Waals surface area (Å²) in [7, 11) is -3.59. The maximum Gasteiger partial charge on any atom is 0.243 e. The number of piperidine rings is 1. The Morgan fingerprint density at radius 2 is 1.83 bits per heavy atom. The van der Waals surface area contributed by atoms with E-state index >= 15 is 0 Å². The van der Waals surface area contributed by atoms with Gasteiger partial charge in [-0.3, -0.25) is 4.79 Å². The van der Waals surface area contributed by atoms with Gasteiger partial charge in [0.2, 0.25) is 21.1 Å². The van der Waals surface area contributed by atoms with Crippen molar-refractivity contribution in [2.75, 3.05) is 18.4 Å². The van der Waals surface area contributed by atoms with Crippen LogP contribution in [0.4, 0.5) is 9.52 Å². The molecule has 1 amide bonds. The predicted octanol–water partition coefficient (Wildman–Crippen LogP) is 5.13. The van der Waals surface area contributed by atoms with Crippen molar-refractivity contribution in [2.24, 2.45) is 5.92 Å². The van der Waals surface area contributed by atoms with Gasteiger partial charge in [-0.2, -0.15) is 4.31 Å². The van der Waals surface area contributed by atoms with Gasteiger partial charge in [0.1, 0.15) is 5.82 Å². The topological polar surface area (TPSA) is 92.3 Å². The molecule has 35 heavy (non-hydrogen) atoms. The quantitative estimate of drug-likeness (QED) is 0.318. The van der Waals surface area contributed by atoms with Crippen molar-refractivity contribution in [1.29, 1.82) is 0 Å². The normalized spacial score (nSPS) is 15.4. The molecule has 7 nitrogen and oxygen atoms in total. The molecular weight excluding hydrogens is 507 g/mol. The zero-order valence-electron chi connectivity index (χ0n) is 19.5. The molecule has 2 heterocycles. The zero-order chi connectivity index (χ0) is 25.0. The lowest BCUT2D eigenvalue weighted by Gasteiger charge is -2.30. The van der Waals surface area contributed by atoms with Gasteiger partial charge in [0.05, 0.1) is 4.90 Å². The Hall–Kier alpha value is -2.34. The summed E-state index contributed by atoms with van der Waals surface area (Å²) in [6, 6.07) is 13.6. The van der Waals surface area contributed by atoms with Crippen molar-refractivity contribution < 1.29 is 17.6 Å². The fourth-order valence-electron chi connectivity index (χ4n) is 3.81. The lowest BCUT2D eigenvalue weighted by Crippen LogP contribution is -2.41. The summed E-state index contributed by atoms with van der Waals surface area (Å²) in [5.41, 5.74) is 1.67. The highest BCUT2D eigenvalue weighted by atomic mass is 32.2. The lowest BCUT2D eigenvalue weighted by molar-refractivity contribution is -0.120. The highest BCUT2D eigenvalue weighted by Crippen LogP contribution is 2.30. The first-order valence-electron chi connectivity index (χ1n) is 11.3. The fourth-order valence-corrected chi connectivity index (χ4v) is 7.02. The number of rotatable bonds is 8. The number of carbonyl (C=O) groups excluding carboxylic acids is 1. The van der Waals surface area contributed by atoms with Crippen LogP contribution in [0.1, 0.15) is 43.7 Å². The largest absolute Gasteiger partial charge is 0.300 e. The van der Waals surface area contributed by atoms with Crippen LogP contribution in [0, 0.1) is 11.7 Å². The van der Waals surface area contributed by atoms with E-state index in [1.807, 2.05) is 12.1 Å². The highest BCUT2D eigenvalue weighted by Gasteiger charge is 2.32. The van der Waals surface area contributed by atoms with Crippen molar-refractivity contribution in [1.82, 2.24) is 14.5 Å². The summed E-state index contributed by atoms with van der Waals surface area (Å²) in [6.45, 7) is 4.69. The number of anilines is 1.